The second-order valence-corrected chi connectivity index (χ2v) is 6.76. The molecule has 0 unspecified atom stereocenters. The molecule has 1 aromatic rings. The molecular formula is C19H29N3O3. The van der Waals surface area contributed by atoms with E-state index in [2.05, 4.69) is 19.2 Å². The molecule has 0 saturated carbocycles. The van der Waals surface area contributed by atoms with Gasteiger partial charge in [-0.25, -0.2) is 0 Å². The Balaban J connectivity index is 2.01. The molecule has 1 aliphatic rings. The lowest BCUT2D eigenvalue weighted by molar-refractivity contribution is -0.132. The predicted molar refractivity (Wildman–Crippen MR) is 97.8 cm³/mol. The van der Waals surface area contributed by atoms with Crippen molar-refractivity contribution in [1.29, 1.82) is 0 Å². The molecule has 0 aliphatic carbocycles. The molecule has 1 aromatic carbocycles. The summed E-state index contributed by atoms with van der Waals surface area (Å²) in [6.45, 7) is 8.38. The van der Waals surface area contributed by atoms with Gasteiger partial charge in [-0.15, -0.1) is 0 Å². The summed E-state index contributed by atoms with van der Waals surface area (Å²) in [6.07, 6.45) is 0.364. The third-order valence-corrected chi connectivity index (χ3v) is 4.25. The third kappa shape index (κ3) is 5.74. The lowest BCUT2D eigenvalue weighted by atomic mass is 10.1. The van der Waals surface area contributed by atoms with Crippen LogP contribution >= 0.6 is 0 Å². The molecule has 25 heavy (non-hydrogen) atoms. The summed E-state index contributed by atoms with van der Waals surface area (Å²) in [5, 5.41) is 3.24. The van der Waals surface area contributed by atoms with Gasteiger partial charge in [0.05, 0.1) is 7.11 Å². The summed E-state index contributed by atoms with van der Waals surface area (Å²) >= 11 is 0. The van der Waals surface area contributed by atoms with E-state index in [0.717, 1.165) is 26.2 Å². The highest BCUT2D eigenvalue weighted by Gasteiger charge is 2.21. The van der Waals surface area contributed by atoms with Crippen molar-refractivity contribution in [2.75, 3.05) is 46.4 Å². The molecule has 1 heterocycles. The van der Waals surface area contributed by atoms with Crippen LogP contribution < -0.4 is 10.1 Å². The Bertz CT molecular complexity index is 583. The van der Waals surface area contributed by atoms with Crippen molar-refractivity contribution >= 4 is 11.8 Å². The summed E-state index contributed by atoms with van der Waals surface area (Å²) < 4.78 is 5.21. The Morgan fingerprint density at radius 3 is 2.64 bits per heavy atom. The topological polar surface area (TPSA) is 61.9 Å². The number of ether oxygens (including phenoxy) is 1. The number of amides is 2. The molecule has 0 radical (unpaired) electrons. The third-order valence-electron chi connectivity index (χ3n) is 4.25. The van der Waals surface area contributed by atoms with Crippen LogP contribution in [0.5, 0.6) is 5.75 Å². The molecule has 0 aromatic heterocycles. The first-order valence-electron chi connectivity index (χ1n) is 8.93. The van der Waals surface area contributed by atoms with Crippen LogP contribution in [0.3, 0.4) is 0 Å². The van der Waals surface area contributed by atoms with Gasteiger partial charge in [-0.05, 0) is 24.1 Å². The SMILES string of the molecule is COc1cccc(C(=O)N(CCC(=O)N2CCNCC2)CC(C)C)c1. The molecule has 2 rings (SSSR count). The number of nitrogens with zero attached hydrogens (tertiary/aromatic N) is 2. The molecular weight excluding hydrogens is 318 g/mol. The van der Waals surface area contributed by atoms with Crippen LogP contribution in [0.25, 0.3) is 0 Å². The van der Waals surface area contributed by atoms with E-state index >= 15 is 0 Å². The van der Waals surface area contributed by atoms with Crippen molar-refractivity contribution in [3.8, 4) is 5.75 Å². The van der Waals surface area contributed by atoms with Crippen molar-refractivity contribution < 1.29 is 14.3 Å². The van der Waals surface area contributed by atoms with Crippen molar-refractivity contribution in [2.45, 2.75) is 20.3 Å². The first-order chi connectivity index (χ1) is 12.0. The monoisotopic (exact) mass is 347 g/mol. The zero-order valence-corrected chi connectivity index (χ0v) is 15.5. The molecule has 0 bridgehead atoms. The molecule has 0 spiro atoms. The van der Waals surface area contributed by atoms with Crippen LogP contribution in [-0.4, -0.2) is 68.0 Å². The Morgan fingerprint density at radius 2 is 2.00 bits per heavy atom. The van der Waals surface area contributed by atoms with E-state index < -0.39 is 0 Å². The number of piperazine rings is 1. The van der Waals surface area contributed by atoms with Crippen molar-refractivity contribution in [2.24, 2.45) is 5.92 Å². The van der Waals surface area contributed by atoms with Crippen molar-refractivity contribution in [1.82, 2.24) is 15.1 Å². The van der Waals surface area contributed by atoms with Crippen molar-refractivity contribution in [3.05, 3.63) is 29.8 Å². The van der Waals surface area contributed by atoms with E-state index in [1.54, 1.807) is 24.1 Å². The minimum absolute atomic E-state index is 0.0549. The highest BCUT2D eigenvalue weighted by molar-refractivity contribution is 5.94. The molecule has 1 N–H and O–H groups in total. The molecule has 1 aliphatic heterocycles. The number of carbonyl (C=O) groups is 2. The molecule has 138 valence electrons. The Kier molecular flexibility index (Phi) is 7.25. The minimum atomic E-state index is -0.0549. The minimum Gasteiger partial charge on any atom is -0.497 e. The van der Waals surface area contributed by atoms with E-state index in [9.17, 15) is 9.59 Å². The molecule has 6 nitrogen and oxygen atoms in total. The fraction of sp³-hybridized carbons (Fsp3) is 0.579. The standard InChI is InChI=1S/C19H29N3O3/c1-15(2)14-22(10-7-18(23)21-11-8-20-9-12-21)19(24)16-5-4-6-17(13-16)25-3/h4-6,13,15,20H,7-12,14H2,1-3H3. The predicted octanol–water partition coefficient (Wildman–Crippen LogP) is 1.62. The van der Waals surface area contributed by atoms with Gasteiger partial charge in [-0.2, -0.15) is 0 Å². The molecule has 1 fully saturated rings. The van der Waals surface area contributed by atoms with Crippen LogP contribution in [0.15, 0.2) is 24.3 Å². The van der Waals surface area contributed by atoms with Gasteiger partial charge in [-0.3, -0.25) is 9.59 Å². The summed E-state index contributed by atoms with van der Waals surface area (Å²) in [6, 6.07) is 7.16. The van der Waals surface area contributed by atoms with Crippen molar-refractivity contribution in [3.63, 3.8) is 0 Å². The van der Waals surface area contributed by atoms with E-state index in [1.807, 2.05) is 17.0 Å². The summed E-state index contributed by atoms with van der Waals surface area (Å²) in [5.74, 6) is 1.06. The van der Waals surface area contributed by atoms with E-state index in [-0.39, 0.29) is 11.8 Å². The van der Waals surface area contributed by atoms with Crippen LogP contribution in [0.4, 0.5) is 0 Å². The average molecular weight is 347 g/mol. The number of rotatable bonds is 7. The number of carbonyl (C=O) groups excluding carboxylic acids is 2. The zero-order valence-electron chi connectivity index (χ0n) is 15.5. The van der Waals surface area contributed by atoms with E-state index in [1.165, 1.54) is 0 Å². The van der Waals surface area contributed by atoms with E-state index in [0.29, 0.717) is 36.7 Å². The number of methoxy groups -OCH3 is 1. The number of hydrogen-bond acceptors (Lipinski definition) is 4. The first-order valence-corrected chi connectivity index (χ1v) is 8.93. The van der Waals surface area contributed by atoms with Crippen LogP contribution in [-0.2, 0) is 4.79 Å². The highest BCUT2D eigenvalue weighted by atomic mass is 16.5. The number of benzene rings is 1. The van der Waals surface area contributed by atoms with Gasteiger partial charge < -0.3 is 19.9 Å². The van der Waals surface area contributed by atoms with Gasteiger partial charge in [0, 0.05) is 51.3 Å². The first kappa shape index (κ1) is 19.2. The number of hydrogen-bond donors (Lipinski definition) is 1. The van der Waals surface area contributed by atoms with Gasteiger partial charge in [0.1, 0.15) is 5.75 Å². The van der Waals surface area contributed by atoms with E-state index in [4.69, 9.17) is 4.74 Å². The summed E-state index contributed by atoms with van der Waals surface area (Å²) in [7, 11) is 1.58. The second kappa shape index (κ2) is 9.42. The maximum atomic E-state index is 12.9. The maximum absolute atomic E-state index is 12.9. The smallest absolute Gasteiger partial charge is 0.254 e. The largest absolute Gasteiger partial charge is 0.497 e. The van der Waals surface area contributed by atoms with Gasteiger partial charge in [-0.1, -0.05) is 19.9 Å². The van der Waals surface area contributed by atoms with Gasteiger partial charge in [0.25, 0.3) is 5.91 Å². The zero-order chi connectivity index (χ0) is 18.2. The Labute approximate surface area is 150 Å². The van der Waals surface area contributed by atoms with Crippen LogP contribution in [0, 0.1) is 5.92 Å². The van der Waals surface area contributed by atoms with Gasteiger partial charge in [0.2, 0.25) is 5.91 Å². The maximum Gasteiger partial charge on any atom is 0.254 e. The normalized spacial score (nSPS) is 14.5. The second-order valence-electron chi connectivity index (χ2n) is 6.76. The molecule has 0 atom stereocenters. The van der Waals surface area contributed by atoms with Crippen LogP contribution in [0.2, 0.25) is 0 Å². The number of nitrogens with one attached hydrogen (secondary N) is 1. The fourth-order valence-electron chi connectivity index (χ4n) is 2.96. The summed E-state index contributed by atoms with van der Waals surface area (Å²) in [5.41, 5.74) is 0.592. The molecule has 6 heteroatoms. The van der Waals surface area contributed by atoms with Gasteiger partial charge >= 0.3 is 0 Å². The highest BCUT2D eigenvalue weighted by Crippen LogP contribution is 2.16. The Hall–Kier alpha value is -2.08. The fourth-order valence-corrected chi connectivity index (χ4v) is 2.96. The lowest BCUT2D eigenvalue weighted by Crippen LogP contribution is -2.47. The molecule has 2 amide bonds. The lowest BCUT2D eigenvalue weighted by Gasteiger charge is -2.29. The molecule has 1 saturated heterocycles. The van der Waals surface area contributed by atoms with Crippen LogP contribution in [0.1, 0.15) is 30.6 Å². The quantitative estimate of drug-likeness (QED) is 0.814. The average Bonchev–Trinajstić information content (AvgIpc) is 2.64. The Morgan fingerprint density at radius 1 is 1.28 bits per heavy atom. The van der Waals surface area contributed by atoms with Gasteiger partial charge in [0.15, 0.2) is 0 Å². The summed E-state index contributed by atoms with van der Waals surface area (Å²) in [4.78, 5) is 28.9.